The maximum Gasteiger partial charge on any atom is 0.343 e. The van der Waals surface area contributed by atoms with Crippen LogP contribution in [0.15, 0.2) is 78.2 Å². The largest absolute Gasteiger partial charge is 0.494 e. The van der Waals surface area contributed by atoms with Crippen molar-refractivity contribution in [1.82, 2.24) is 0 Å². The highest BCUT2D eigenvalue weighted by Crippen LogP contribution is 2.43. The number of unbranched alkanes of at least 4 members (excludes halogenated alkanes) is 2. The molecule has 0 saturated heterocycles. The molecule has 0 fully saturated rings. The van der Waals surface area contributed by atoms with Crippen LogP contribution in [0.4, 0.5) is 0 Å². The molecule has 0 spiro atoms. The lowest BCUT2D eigenvalue weighted by Crippen LogP contribution is -2.21. The molecule has 190 valence electrons. The second kappa shape index (κ2) is 11.7. The third-order valence-electron chi connectivity index (χ3n) is 6.44. The second-order valence-corrected chi connectivity index (χ2v) is 9.42. The van der Waals surface area contributed by atoms with Crippen LogP contribution in [0.1, 0.15) is 78.9 Å². The van der Waals surface area contributed by atoms with Gasteiger partial charge < -0.3 is 19.9 Å². The van der Waals surface area contributed by atoms with Gasteiger partial charge in [0.15, 0.2) is 0 Å². The fourth-order valence-corrected chi connectivity index (χ4v) is 4.31. The normalized spacial score (nSPS) is 14.5. The van der Waals surface area contributed by atoms with Gasteiger partial charge in [-0.25, -0.2) is 4.79 Å². The monoisotopic (exact) mass is 496 g/mol. The molecule has 3 aromatic rings. The lowest BCUT2D eigenvalue weighted by atomic mass is 9.83. The third kappa shape index (κ3) is 5.95. The lowest BCUT2D eigenvalue weighted by Gasteiger charge is -2.27. The maximum atomic E-state index is 12.7. The molecule has 3 aromatic carbocycles. The number of fused-ring (bicyclic) bond motifs is 1. The molecule has 4 rings (SSSR count). The van der Waals surface area contributed by atoms with E-state index in [-0.39, 0.29) is 11.8 Å². The summed E-state index contributed by atoms with van der Waals surface area (Å²) in [6.45, 7) is 7.07. The van der Waals surface area contributed by atoms with Crippen LogP contribution in [0.25, 0.3) is 0 Å². The molecule has 1 unspecified atom stereocenters. The van der Waals surface area contributed by atoms with E-state index in [9.17, 15) is 10.1 Å². The lowest BCUT2D eigenvalue weighted by molar-refractivity contribution is 0.0734. The Balaban J connectivity index is 1.52. The van der Waals surface area contributed by atoms with E-state index in [1.165, 1.54) is 5.56 Å². The van der Waals surface area contributed by atoms with E-state index in [1.54, 1.807) is 36.4 Å². The first kappa shape index (κ1) is 25.8. The third-order valence-corrected chi connectivity index (χ3v) is 6.44. The molecule has 0 aromatic heterocycles. The van der Waals surface area contributed by atoms with Gasteiger partial charge in [-0.05, 0) is 53.8 Å². The first-order chi connectivity index (χ1) is 17.9. The molecule has 0 amide bonds. The van der Waals surface area contributed by atoms with E-state index < -0.39 is 5.97 Å². The van der Waals surface area contributed by atoms with E-state index in [1.807, 2.05) is 18.2 Å². The summed E-state index contributed by atoms with van der Waals surface area (Å²) in [5, 5.41) is 9.81. The van der Waals surface area contributed by atoms with Crippen LogP contribution in [-0.4, -0.2) is 12.6 Å². The summed E-state index contributed by atoms with van der Waals surface area (Å²) < 4.78 is 17.1. The van der Waals surface area contributed by atoms with Gasteiger partial charge in [0, 0.05) is 11.6 Å². The van der Waals surface area contributed by atoms with Gasteiger partial charge in [-0.2, -0.15) is 5.26 Å². The summed E-state index contributed by atoms with van der Waals surface area (Å²) in [4.78, 5) is 12.7. The zero-order chi connectivity index (χ0) is 26.4. The molecule has 37 heavy (non-hydrogen) atoms. The first-order valence-electron chi connectivity index (χ1n) is 12.7. The summed E-state index contributed by atoms with van der Waals surface area (Å²) in [5.41, 5.74) is 9.84. The number of carbonyl (C=O) groups excluding carboxylic acids is 1. The van der Waals surface area contributed by atoms with Crippen LogP contribution < -0.4 is 19.9 Å². The number of carbonyl (C=O) groups is 1. The Labute approximate surface area is 218 Å². The van der Waals surface area contributed by atoms with Crippen LogP contribution in [0.2, 0.25) is 0 Å². The van der Waals surface area contributed by atoms with E-state index in [2.05, 4.69) is 39.0 Å². The van der Waals surface area contributed by atoms with E-state index in [0.29, 0.717) is 35.2 Å². The topological polar surface area (TPSA) is 94.6 Å². The van der Waals surface area contributed by atoms with Crippen LogP contribution in [0.5, 0.6) is 17.2 Å². The van der Waals surface area contributed by atoms with Crippen molar-refractivity contribution in [2.24, 2.45) is 5.73 Å². The van der Waals surface area contributed by atoms with Crippen molar-refractivity contribution >= 4 is 5.97 Å². The van der Waals surface area contributed by atoms with Gasteiger partial charge in [0.1, 0.15) is 28.9 Å². The fraction of sp³-hybridized carbons (Fsp3) is 0.290. The van der Waals surface area contributed by atoms with Gasteiger partial charge in [0.25, 0.3) is 0 Å². The number of nitrogens with two attached hydrogens (primary N) is 1. The summed E-state index contributed by atoms with van der Waals surface area (Å²) in [6.07, 6.45) is 3.26. The van der Waals surface area contributed by atoms with E-state index in [4.69, 9.17) is 19.9 Å². The zero-order valence-electron chi connectivity index (χ0n) is 21.5. The standard InChI is InChI=1S/C31H32N2O4/c1-4-5-6-17-35-24-13-11-23(12-14-24)31(34)36-25-15-16-26-28(18-25)37-30(33)27(19-32)29(26)22-9-7-21(8-10-22)20(2)3/h7-16,18,20,29H,4-6,17,33H2,1-3H3. The minimum absolute atomic E-state index is 0.0472. The number of esters is 1. The number of nitriles is 1. The average molecular weight is 497 g/mol. The average Bonchev–Trinajstić information content (AvgIpc) is 2.90. The van der Waals surface area contributed by atoms with Crippen molar-refractivity contribution in [2.75, 3.05) is 6.61 Å². The van der Waals surface area contributed by atoms with Gasteiger partial charge in [-0.1, -0.05) is 63.9 Å². The summed E-state index contributed by atoms with van der Waals surface area (Å²) in [6, 6.07) is 22.4. The number of benzene rings is 3. The Kier molecular flexibility index (Phi) is 8.15. The van der Waals surface area contributed by atoms with Crippen molar-refractivity contribution in [3.8, 4) is 23.3 Å². The van der Waals surface area contributed by atoms with Gasteiger partial charge >= 0.3 is 5.97 Å². The van der Waals surface area contributed by atoms with Crippen molar-refractivity contribution in [3.05, 3.63) is 100 Å². The Hall–Kier alpha value is -4.24. The quantitative estimate of drug-likeness (QED) is 0.198. The number of nitrogens with zero attached hydrogens (tertiary/aromatic N) is 1. The van der Waals surface area contributed by atoms with Crippen LogP contribution >= 0.6 is 0 Å². The Morgan fingerprint density at radius 2 is 1.73 bits per heavy atom. The summed E-state index contributed by atoms with van der Waals surface area (Å²) >= 11 is 0. The van der Waals surface area contributed by atoms with E-state index >= 15 is 0 Å². The highest BCUT2D eigenvalue weighted by atomic mass is 16.5. The molecule has 1 heterocycles. The molecular weight excluding hydrogens is 464 g/mol. The minimum atomic E-state index is -0.490. The maximum absolute atomic E-state index is 12.7. The Bertz CT molecular complexity index is 1320. The molecule has 0 saturated carbocycles. The van der Waals surface area contributed by atoms with Crippen LogP contribution in [0.3, 0.4) is 0 Å². The zero-order valence-corrected chi connectivity index (χ0v) is 21.5. The highest BCUT2D eigenvalue weighted by Gasteiger charge is 2.31. The molecule has 0 radical (unpaired) electrons. The van der Waals surface area contributed by atoms with Gasteiger partial charge in [-0.3, -0.25) is 0 Å². The van der Waals surface area contributed by atoms with Crippen molar-refractivity contribution in [3.63, 3.8) is 0 Å². The minimum Gasteiger partial charge on any atom is -0.494 e. The SMILES string of the molecule is CCCCCOc1ccc(C(=O)Oc2ccc3c(c2)OC(N)=C(C#N)C3c2ccc(C(C)C)cc2)cc1. The Morgan fingerprint density at radius 3 is 2.38 bits per heavy atom. The number of hydrogen-bond donors (Lipinski definition) is 1. The van der Waals surface area contributed by atoms with Crippen molar-refractivity contribution in [2.45, 2.75) is 51.9 Å². The number of rotatable bonds is 9. The Morgan fingerprint density at radius 1 is 1.03 bits per heavy atom. The van der Waals surface area contributed by atoms with Gasteiger partial charge in [0.05, 0.1) is 18.1 Å². The molecule has 1 atom stereocenters. The molecule has 1 aliphatic heterocycles. The van der Waals surface area contributed by atoms with Gasteiger partial charge in [-0.15, -0.1) is 0 Å². The highest BCUT2D eigenvalue weighted by molar-refractivity contribution is 5.91. The smallest absolute Gasteiger partial charge is 0.343 e. The molecule has 2 N–H and O–H groups in total. The molecule has 6 nitrogen and oxygen atoms in total. The number of ether oxygens (including phenoxy) is 3. The summed E-state index contributed by atoms with van der Waals surface area (Å²) in [5.74, 6) is 1.09. The van der Waals surface area contributed by atoms with Crippen LogP contribution in [0, 0.1) is 11.3 Å². The summed E-state index contributed by atoms with van der Waals surface area (Å²) in [7, 11) is 0. The number of hydrogen-bond acceptors (Lipinski definition) is 6. The number of allylic oxidation sites excluding steroid dienone is 1. The molecule has 1 aliphatic rings. The van der Waals surface area contributed by atoms with Gasteiger partial charge in [0.2, 0.25) is 5.88 Å². The second-order valence-electron chi connectivity index (χ2n) is 9.42. The van der Waals surface area contributed by atoms with Crippen molar-refractivity contribution in [1.29, 1.82) is 5.26 Å². The molecule has 0 bridgehead atoms. The van der Waals surface area contributed by atoms with Crippen molar-refractivity contribution < 1.29 is 19.0 Å². The molecule has 0 aliphatic carbocycles. The first-order valence-corrected chi connectivity index (χ1v) is 12.7. The van der Waals surface area contributed by atoms with E-state index in [0.717, 1.165) is 36.1 Å². The predicted molar refractivity (Wildman–Crippen MR) is 143 cm³/mol. The predicted octanol–water partition coefficient (Wildman–Crippen LogP) is 6.82. The molecule has 6 heteroatoms. The molecular formula is C31H32N2O4. The fourth-order valence-electron chi connectivity index (χ4n) is 4.31. The van der Waals surface area contributed by atoms with Crippen LogP contribution in [-0.2, 0) is 0 Å².